The normalized spacial score (nSPS) is 21.5. The third-order valence-corrected chi connectivity index (χ3v) is 18.5. The van der Waals surface area contributed by atoms with Crippen molar-refractivity contribution in [3.63, 3.8) is 0 Å². The van der Waals surface area contributed by atoms with Crippen LogP contribution in [0.1, 0.15) is 74.6 Å². The maximum absolute atomic E-state index is 14.7. The Kier molecular flexibility index (Phi) is 19.9. The van der Waals surface area contributed by atoms with Gasteiger partial charge < -0.3 is 42.1 Å². The first kappa shape index (κ1) is 61.4. The summed E-state index contributed by atoms with van der Waals surface area (Å²) < 4.78 is 27.9. The Morgan fingerprint density at radius 2 is 1.06 bits per heavy atom. The highest BCUT2D eigenvalue weighted by Crippen LogP contribution is 2.37. The van der Waals surface area contributed by atoms with E-state index in [2.05, 4.69) is 97.0 Å². The quantitative estimate of drug-likeness (QED) is 0.0494. The Morgan fingerprint density at radius 1 is 0.558 bits per heavy atom. The van der Waals surface area contributed by atoms with Gasteiger partial charge in [0.25, 0.3) is 0 Å². The summed E-state index contributed by atoms with van der Waals surface area (Å²) in [6, 6.07) is 33.6. The number of nitrogens with zero attached hydrogens (tertiary/aromatic N) is 4. The first-order valence-corrected chi connectivity index (χ1v) is 30.8. The van der Waals surface area contributed by atoms with E-state index in [1.807, 2.05) is 35.8 Å². The lowest BCUT2D eigenvalue weighted by molar-refractivity contribution is -0.143. The largest absolute Gasteiger partial charge is 0.358 e. The lowest BCUT2D eigenvalue weighted by Crippen LogP contribution is -2.64. The number of amides is 6. The highest BCUT2D eigenvalue weighted by atomic mass is 19.1. The van der Waals surface area contributed by atoms with E-state index < -0.39 is 24.2 Å². The average Bonchev–Trinajstić information content (AvgIpc) is 1.66. The van der Waals surface area contributed by atoms with Gasteiger partial charge in [0, 0.05) is 90.2 Å². The monoisotopic (exact) mass is 1170 g/mol. The summed E-state index contributed by atoms with van der Waals surface area (Å²) in [5.41, 5.74) is 11.6. The molecule has 6 aromatic rings. The standard InChI is InChI=1S/C68H82F2N10O6/c1-5-52-40-77(28-30-80(52)68(86)60(76-64(82)58-26-27-74-58)36-43-16-22-50(70)23-17-43)61(65(83)72-3)37-44-18-25-55-47(32-44)11-9-13-56(55)57-34-45(33-46-10-7-8-12-54(46)57)38-62(66(84)73-4)78-29-31-79(53(6-2)41-78)67(85)59(35-42-14-20-49(69)21-15-42)75-63(81)48-19-24-51(71)39-48/h7-18,20-23,25,32-34,48,51-53,58-62,74H,5-6,19,24,26-31,35-41,71H2,1-4H3,(H,72,83)(H,73,84)(H,75,81)(H,76,82). The fourth-order valence-corrected chi connectivity index (χ4v) is 13.4. The average molecular weight is 1170 g/mol. The highest BCUT2D eigenvalue weighted by Gasteiger charge is 2.41. The SMILES string of the molecule is CCC1CN(C(Cc2cc(-c3cccc4cc(CC(C(=O)NC)N5CCN(C(=O)C(Cc6ccc(F)cc6)NC(=O)C6CCN6)C(CC)C5)ccc34)c3ccccc3c2)C(=O)NC)CCN1C(=O)C(Cc1ccc(F)cc1)NC(=O)C1CCC(N)C1. The zero-order valence-electron chi connectivity index (χ0n) is 49.8. The Labute approximate surface area is 503 Å². The summed E-state index contributed by atoms with van der Waals surface area (Å²) in [5.74, 6) is -2.12. The molecule has 0 bridgehead atoms. The fourth-order valence-electron chi connectivity index (χ4n) is 13.4. The molecule has 7 N–H and O–H groups in total. The number of hydrogen-bond donors (Lipinski definition) is 6. The molecule has 3 aliphatic heterocycles. The van der Waals surface area contributed by atoms with Gasteiger partial charge in [-0.05, 0) is 137 Å². The van der Waals surface area contributed by atoms with Crippen LogP contribution in [0.3, 0.4) is 0 Å². The molecule has 454 valence electrons. The topological polar surface area (TPSA) is 202 Å². The van der Waals surface area contributed by atoms with Gasteiger partial charge in [0.1, 0.15) is 23.7 Å². The maximum atomic E-state index is 14.7. The predicted molar refractivity (Wildman–Crippen MR) is 331 cm³/mol. The first-order valence-electron chi connectivity index (χ1n) is 30.8. The molecule has 0 radical (unpaired) electrons. The fraction of sp³-hybridized carbons (Fsp3) is 0.441. The van der Waals surface area contributed by atoms with E-state index in [4.69, 9.17) is 5.73 Å². The molecule has 3 saturated heterocycles. The Bertz CT molecular complexity index is 3420. The minimum atomic E-state index is -0.865. The van der Waals surface area contributed by atoms with Crippen LogP contribution >= 0.6 is 0 Å². The van der Waals surface area contributed by atoms with Crippen LogP contribution < -0.4 is 32.3 Å². The van der Waals surface area contributed by atoms with Gasteiger partial charge in [-0.15, -0.1) is 0 Å². The summed E-state index contributed by atoms with van der Waals surface area (Å²) in [5, 5.41) is 19.1. The van der Waals surface area contributed by atoms with E-state index in [-0.39, 0.29) is 90.0 Å². The molecule has 4 fully saturated rings. The molecule has 9 atom stereocenters. The van der Waals surface area contributed by atoms with Crippen LogP contribution in [0.2, 0.25) is 0 Å². The van der Waals surface area contributed by atoms with Crippen LogP contribution in [0, 0.1) is 17.6 Å². The number of piperazine rings is 2. The van der Waals surface area contributed by atoms with Crippen LogP contribution in [0.4, 0.5) is 8.78 Å². The second kappa shape index (κ2) is 27.8. The lowest BCUT2D eigenvalue weighted by Gasteiger charge is -2.45. The maximum Gasteiger partial charge on any atom is 0.245 e. The Hall–Kier alpha value is -7.64. The number of likely N-dealkylation sites (N-methyl/N-ethyl adjacent to an activating group) is 2. The van der Waals surface area contributed by atoms with Crippen molar-refractivity contribution in [2.45, 2.75) is 126 Å². The summed E-state index contributed by atoms with van der Waals surface area (Å²) in [4.78, 5) is 92.2. The zero-order chi connectivity index (χ0) is 60.6. The minimum Gasteiger partial charge on any atom is -0.358 e. The third-order valence-electron chi connectivity index (χ3n) is 18.5. The van der Waals surface area contributed by atoms with Crippen molar-refractivity contribution >= 4 is 57.0 Å². The van der Waals surface area contributed by atoms with Crippen molar-refractivity contribution in [3.8, 4) is 11.1 Å². The minimum absolute atomic E-state index is 0.0570. The first-order chi connectivity index (χ1) is 41.6. The molecule has 3 heterocycles. The molecule has 4 aliphatic rings. The van der Waals surface area contributed by atoms with Crippen LogP contribution in [0.25, 0.3) is 32.7 Å². The van der Waals surface area contributed by atoms with E-state index >= 15 is 0 Å². The smallest absolute Gasteiger partial charge is 0.245 e. The van der Waals surface area contributed by atoms with Crippen molar-refractivity contribution in [2.75, 3.05) is 59.9 Å². The summed E-state index contributed by atoms with van der Waals surface area (Å²) in [6.07, 6.45) is 5.16. The van der Waals surface area contributed by atoms with Crippen molar-refractivity contribution in [1.29, 1.82) is 0 Å². The van der Waals surface area contributed by atoms with Crippen molar-refractivity contribution < 1.29 is 37.5 Å². The second-order valence-corrected chi connectivity index (χ2v) is 23.9. The summed E-state index contributed by atoms with van der Waals surface area (Å²) >= 11 is 0. The number of carbonyl (C=O) groups excluding carboxylic acids is 6. The van der Waals surface area contributed by atoms with Gasteiger partial charge in [-0.25, -0.2) is 8.78 Å². The van der Waals surface area contributed by atoms with E-state index in [0.717, 1.165) is 67.9 Å². The van der Waals surface area contributed by atoms with Gasteiger partial charge in [-0.1, -0.05) is 111 Å². The molecule has 18 heteroatoms. The molecule has 6 aromatic carbocycles. The van der Waals surface area contributed by atoms with E-state index in [1.165, 1.54) is 24.3 Å². The van der Waals surface area contributed by atoms with E-state index in [1.54, 1.807) is 38.4 Å². The molecule has 10 rings (SSSR count). The molecule has 1 aliphatic carbocycles. The van der Waals surface area contributed by atoms with Crippen LogP contribution in [-0.4, -0.2) is 163 Å². The van der Waals surface area contributed by atoms with Gasteiger partial charge in [-0.2, -0.15) is 0 Å². The number of benzene rings is 6. The number of hydrogen-bond acceptors (Lipinski definition) is 10. The Balaban J connectivity index is 0.859. The summed E-state index contributed by atoms with van der Waals surface area (Å²) in [7, 11) is 3.30. The second-order valence-electron chi connectivity index (χ2n) is 23.9. The van der Waals surface area contributed by atoms with Crippen LogP contribution in [-0.2, 0) is 54.5 Å². The molecule has 0 spiro atoms. The predicted octanol–water partition coefficient (Wildman–Crippen LogP) is 6.04. The highest BCUT2D eigenvalue weighted by molar-refractivity contribution is 6.06. The number of nitrogens with one attached hydrogen (secondary N) is 5. The van der Waals surface area contributed by atoms with Crippen molar-refractivity contribution in [3.05, 3.63) is 155 Å². The number of fused-ring (bicyclic) bond motifs is 2. The van der Waals surface area contributed by atoms with E-state index in [9.17, 15) is 37.5 Å². The number of halogens is 2. The van der Waals surface area contributed by atoms with Gasteiger partial charge >= 0.3 is 0 Å². The molecule has 1 saturated carbocycles. The van der Waals surface area contributed by atoms with Gasteiger partial charge in [0.2, 0.25) is 35.4 Å². The van der Waals surface area contributed by atoms with Crippen molar-refractivity contribution in [2.24, 2.45) is 11.7 Å². The van der Waals surface area contributed by atoms with Crippen LogP contribution in [0.15, 0.2) is 121 Å². The lowest BCUT2D eigenvalue weighted by atomic mass is 9.89. The van der Waals surface area contributed by atoms with Crippen molar-refractivity contribution in [1.82, 2.24) is 46.2 Å². The zero-order valence-corrected chi connectivity index (χ0v) is 49.8. The molecule has 86 heavy (non-hydrogen) atoms. The Morgan fingerprint density at radius 3 is 1.57 bits per heavy atom. The number of nitrogens with two attached hydrogens (primary N) is 1. The third kappa shape index (κ3) is 14.1. The molecular weight excluding hydrogens is 1090 g/mol. The summed E-state index contributed by atoms with van der Waals surface area (Å²) in [6.45, 7) is 7.26. The number of carbonyl (C=O) groups is 6. The molecule has 0 aromatic heterocycles. The van der Waals surface area contributed by atoms with E-state index in [0.29, 0.717) is 84.2 Å². The molecule has 9 unspecified atom stereocenters. The molecular formula is C68H82F2N10O6. The van der Waals surface area contributed by atoms with Crippen LogP contribution in [0.5, 0.6) is 0 Å². The number of rotatable bonds is 21. The van der Waals surface area contributed by atoms with Gasteiger partial charge in [0.05, 0.1) is 18.1 Å². The molecule has 6 amide bonds. The van der Waals surface area contributed by atoms with Gasteiger partial charge in [0.15, 0.2) is 0 Å². The van der Waals surface area contributed by atoms with Gasteiger partial charge in [-0.3, -0.25) is 38.6 Å². The molecule has 16 nitrogen and oxygen atoms in total.